The van der Waals surface area contributed by atoms with E-state index >= 15 is 0 Å². The minimum absolute atomic E-state index is 0.0167. The lowest BCUT2D eigenvalue weighted by molar-refractivity contribution is -0.145. The van der Waals surface area contributed by atoms with Crippen LogP contribution in [0.2, 0.25) is 0 Å². The van der Waals surface area contributed by atoms with Crippen LogP contribution in [0.15, 0.2) is 23.0 Å². The zero-order chi connectivity index (χ0) is 42.9. The number of carboxylic acids is 4. The molecule has 23 heteroatoms. The molecular formula is C35H58N8O15. The molecular weight excluding hydrogens is 772 g/mol. The van der Waals surface area contributed by atoms with Crippen LogP contribution in [0.1, 0.15) is 23.3 Å². The number of nitrogens with two attached hydrogens (primary N) is 1. The van der Waals surface area contributed by atoms with Gasteiger partial charge in [0.1, 0.15) is 11.7 Å². The Balaban J connectivity index is 2.07. The van der Waals surface area contributed by atoms with Crippen molar-refractivity contribution in [1.29, 1.82) is 0 Å². The first-order valence-electron chi connectivity index (χ1n) is 18.9. The minimum atomic E-state index is -1.25. The predicted octanol–water partition coefficient (Wildman–Crippen LogP) is -3.64. The van der Waals surface area contributed by atoms with Crippen LogP contribution in [0.25, 0.3) is 0 Å². The Bertz CT molecular complexity index is 1480. The normalized spacial score (nSPS) is 15.8. The van der Waals surface area contributed by atoms with E-state index in [1.807, 2.05) is 0 Å². The fraction of sp³-hybridized carbons (Fsp3) is 0.686. The van der Waals surface area contributed by atoms with E-state index in [-0.39, 0.29) is 135 Å². The van der Waals surface area contributed by atoms with Crippen LogP contribution in [0, 0.1) is 0 Å². The summed E-state index contributed by atoms with van der Waals surface area (Å²) in [5.41, 5.74) is 4.24. The van der Waals surface area contributed by atoms with Crippen molar-refractivity contribution in [2.24, 2.45) is 5.73 Å². The molecule has 1 fully saturated rings. The van der Waals surface area contributed by atoms with Gasteiger partial charge in [0.25, 0.3) is 11.5 Å². The molecule has 1 atom stereocenters. The summed E-state index contributed by atoms with van der Waals surface area (Å²) in [6.45, 7) is 1.77. The van der Waals surface area contributed by atoms with Crippen molar-refractivity contribution >= 4 is 35.7 Å². The quantitative estimate of drug-likeness (QED) is 0.0350. The summed E-state index contributed by atoms with van der Waals surface area (Å²) in [6.07, 6.45) is -0.414. The topological polar surface area (TPSA) is 308 Å². The Morgan fingerprint density at radius 1 is 0.707 bits per heavy atom. The number of carboxylic acid groups (broad SMARTS) is 4. The number of carbonyl (C=O) groups is 6. The van der Waals surface area contributed by atoms with Gasteiger partial charge < -0.3 is 55.8 Å². The lowest BCUT2D eigenvalue weighted by Gasteiger charge is -2.35. The molecule has 23 nitrogen and oxygen atoms in total. The molecule has 58 heavy (non-hydrogen) atoms. The van der Waals surface area contributed by atoms with Crippen molar-refractivity contribution in [1.82, 2.24) is 34.5 Å². The van der Waals surface area contributed by atoms with Gasteiger partial charge in [-0.1, -0.05) is 6.07 Å². The van der Waals surface area contributed by atoms with Crippen molar-refractivity contribution in [2.75, 3.05) is 138 Å². The molecule has 1 aliphatic heterocycles. The average Bonchev–Trinajstić information content (AvgIpc) is 3.15. The highest BCUT2D eigenvalue weighted by molar-refractivity contribution is 5.92. The zero-order valence-corrected chi connectivity index (χ0v) is 32.7. The number of aliphatic carboxylic acids is 4. The summed E-state index contributed by atoms with van der Waals surface area (Å²) < 4.78 is 16.4. The highest BCUT2D eigenvalue weighted by atomic mass is 16.5. The van der Waals surface area contributed by atoms with Crippen molar-refractivity contribution in [3.8, 4) is 0 Å². The van der Waals surface area contributed by atoms with Gasteiger partial charge >= 0.3 is 23.9 Å². The number of hydrogen-bond acceptors (Lipinski definition) is 16. The highest BCUT2D eigenvalue weighted by Gasteiger charge is 2.29. The summed E-state index contributed by atoms with van der Waals surface area (Å²) in [5.74, 6) is -5.85. The van der Waals surface area contributed by atoms with Crippen molar-refractivity contribution in [3.05, 3.63) is 34.2 Å². The smallest absolute Gasteiger partial charge is 0.320 e. The molecule has 1 unspecified atom stereocenters. The summed E-state index contributed by atoms with van der Waals surface area (Å²) in [4.78, 5) is 93.1. The van der Waals surface area contributed by atoms with E-state index in [1.54, 1.807) is 19.6 Å². The molecule has 1 aromatic heterocycles. The van der Waals surface area contributed by atoms with Crippen molar-refractivity contribution < 1.29 is 68.6 Å². The third-order valence-electron chi connectivity index (χ3n) is 8.97. The van der Waals surface area contributed by atoms with Gasteiger partial charge in [-0.05, 0) is 12.5 Å². The highest BCUT2D eigenvalue weighted by Crippen LogP contribution is 2.11. The number of aromatic nitrogens is 1. The van der Waals surface area contributed by atoms with E-state index in [0.717, 1.165) is 6.07 Å². The monoisotopic (exact) mass is 830 g/mol. The first-order chi connectivity index (χ1) is 27.7. The molecule has 2 amide bonds. The maximum Gasteiger partial charge on any atom is 0.320 e. The van der Waals surface area contributed by atoms with Crippen LogP contribution < -0.4 is 16.6 Å². The molecule has 0 spiro atoms. The number of amides is 2. The Kier molecular flexibility index (Phi) is 23.7. The third-order valence-corrected chi connectivity index (χ3v) is 8.97. The van der Waals surface area contributed by atoms with Crippen molar-refractivity contribution in [3.63, 3.8) is 0 Å². The number of nitrogens with zero attached hydrogens (tertiary/aromatic N) is 6. The molecule has 0 aromatic carbocycles. The SMILES string of the molecule is NCCOCCOCCOCCN(CCNC(=O)CCC(C(=O)O)N1CCN(CC(=O)O)CCN(CC(=O)O)CCN(CC(=O)O)CC1)C(=O)c1cccc(=O)n1O. The second kappa shape index (κ2) is 27.8. The van der Waals surface area contributed by atoms with Gasteiger partial charge in [0.15, 0.2) is 0 Å². The minimum Gasteiger partial charge on any atom is -0.480 e. The van der Waals surface area contributed by atoms with Gasteiger partial charge in [-0.3, -0.25) is 53.2 Å². The number of carbonyl (C=O) groups excluding carboxylic acids is 2. The number of nitrogens with one attached hydrogen (secondary N) is 1. The Morgan fingerprint density at radius 2 is 1.19 bits per heavy atom. The molecule has 2 rings (SSSR count). The predicted molar refractivity (Wildman–Crippen MR) is 203 cm³/mol. The van der Waals surface area contributed by atoms with Crippen LogP contribution >= 0.6 is 0 Å². The lowest BCUT2D eigenvalue weighted by Crippen LogP contribution is -2.52. The molecule has 0 radical (unpaired) electrons. The first kappa shape index (κ1) is 49.4. The van der Waals surface area contributed by atoms with E-state index < -0.39 is 47.3 Å². The Labute approximate surface area is 335 Å². The number of hydrogen-bond donors (Lipinski definition) is 7. The van der Waals surface area contributed by atoms with Gasteiger partial charge in [0.05, 0.1) is 59.3 Å². The zero-order valence-electron chi connectivity index (χ0n) is 32.7. The Morgan fingerprint density at radius 3 is 1.67 bits per heavy atom. The van der Waals surface area contributed by atoms with Gasteiger partial charge in [-0.25, -0.2) is 0 Å². The molecule has 2 heterocycles. The molecule has 0 aliphatic carbocycles. The van der Waals surface area contributed by atoms with E-state index in [0.29, 0.717) is 26.4 Å². The second-order valence-electron chi connectivity index (χ2n) is 13.3. The van der Waals surface area contributed by atoms with E-state index in [1.165, 1.54) is 17.0 Å². The number of rotatable bonds is 26. The van der Waals surface area contributed by atoms with Crippen LogP contribution in [-0.2, 0) is 38.2 Å². The number of ether oxygens (including phenoxy) is 3. The van der Waals surface area contributed by atoms with Gasteiger partial charge in [-0.2, -0.15) is 0 Å². The van der Waals surface area contributed by atoms with Gasteiger partial charge in [0.2, 0.25) is 5.91 Å². The fourth-order valence-corrected chi connectivity index (χ4v) is 5.98. The van der Waals surface area contributed by atoms with Crippen LogP contribution in [0.5, 0.6) is 0 Å². The molecule has 1 saturated heterocycles. The maximum atomic E-state index is 13.3. The average molecular weight is 831 g/mol. The fourth-order valence-electron chi connectivity index (χ4n) is 5.98. The van der Waals surface area contributed by atoms with Crippen LogP contribution in [-0.4, -0.2) is 234 Å². The summed E-state index contributed by atoms with van der Waals surface area (Å²) >= 11 is 0. The standard InChI is InChI=1S/C35H58N8O15/c36-6-18-56-20-22-58-23-21-57-19-17-42(34(52)27-2-1-3-30(45)43(27)55)8-7-37-29(44)5-4-28(35(53)54)41-15-13-39(25-32(48)49)11-9-38(24-31(46)47)10-12-40(14-16-41)26-33(50)51/h1-3,28,55H,4-26,36H2,(H,37,44)(H,46,47)(H,48,49)(H,50,51)(H,53,54). The molecule has 0 saturated carbocycles. The van der Waals surface area contributed by atoms with Gasteiger partial charge in [0, 0.05) is 91.0 Å². The largest absolute Gasteiger partial charge is 0.480 e. The first-order valence-corrected chi connectivity index (χ1v) is 18.9. The summed E-state index contributed by atoms with van der Waals surface area (Å²) in [6, 6.07) is 2.43. The molecule has 328 valence electrons. The van der Waals surface area contributed by atoms with Crippen LogP contribution in [0.3, 0.4) is 0 Å². The van der Waals surface area contributed by atoms with E-state index in [2.05, 4.69) is 5.32 Å². The molecule has 0 bridgehead atoms. The van der Waals surface area contributed by atoms with Gasteiger partial charge in [-0.15, -0.1) is 4.73 Å². The molecule has 8 N–H and O–H groups in total. The summed E-state index contributed by atoms with van der Waals surface area (Å²) in [5, 5.41) is 51.4. The molecule has 1 aromatic rings. The van der Waals surface area contributed by atoms with Crippen LogP contribution in [0.4, 0.5) is 0 Å². The van der Waals surface area contributed by atoms with E-state index in [4.69, 9.17) is 19.9 Å². The third kappa shape index (κ3) is 20.1. The second-order valence-corrected chi connectivity index (χ2v) is 13.3. The van der Waals surface area contributed by atoms with E-state index in [9.17, 15) is 59.2 Å². The van der Waals surface area contributed by atoms with Crippen molar-refractivity contribution in [2.45, 2.75) is 18.9 Å². The molecule has 1 aliphatic rings. The maximum absolute atomic E-state index is 13.3. The Hall–Kier alpha value is -4.75. The number of pyridine rings is 1. The summed E-state index contributed by atoms with van der Waals surface area (Å²) in [7, 11) is 0. The lowest BCUT2D eigenvalue weighted by atomic mass is 10.1.